The Morgan fingerprint density at radius 1 is 1.17 bits per heavy atom. The van der Waals surface area contributed by atoms with Gasteiger partial charge in [-0.3, -0.25) is 9.59 Å². The van der Waals surface area contributed by atoms with Crippen molar-refractivity contribution in [1.29, 1.82) is 0 Å². The molecule has 128 valence electrons. The standard InChI is InChI=1S/C17H19FN2O3S/c1-12-7-8-15(24-12)17(22)20-11-16(21)19-9-4-10-23-14-6-3-2-5-13(14)18/h2-3,5-8H,4,9-11H2,1H3,(H,19,21)(H,20,22). The van der Waals surface area contributed by atoms with Gasteiger partial charge in [0.15, 0.2) is 11.6 Å². The number of carbonyl (C=O) groups is 2. The van der Waals surface area contributed by atoms with E-state index in [2.05, 4.69) is 10.6 Å². The van der Waals surface area contributed by atoms with E-state index in [1.54, 1.807) is 24.3 Å². The molecule has 7 heteroatoms. The number of para-hydroxylation sites is 1. The molecule has 0 saturated carbocycles. The summed E-state index contributed by atoms with van der Waals surface area (Å²) >= 11 is 1.38. The third-order valence-corrected chi connectivity index (χ3v) is 4.11. The molecule has 0 fully saturated rings. The van der Waals surface area contributed by atoms with Crippen molar-refractivity contribution in [2.45, 2.75) is 13.3 Å². The first-order valence-corrected chi connectivity index (χ1v) is 8.36. The van der Waals surface area contributed by atoms with Gasteiger partial charge in [0.2, 0.25) is 5.91 Å². The van der Waals surface area contributed by atoms with Crippen LogP contribution in [0, 0.1) is 12.7 Å². The fourth-order valence-electron chi connectivity index (χ4n) is 1.91. The molecule has 2 rings (SSSR count). The first-order chi connectivity index (χ1) is 11.6. The SMILES string of the molecule is Cc1ccc(C(=O)NCC(=O)NCCCOc2ccccc2F)s1. The van der Waals surface area contributed by atoms with Gasteiger partial charge < -0.3 is 15.4 Å². The van der Waals surface area contributed by atoms with Crippen LogP contribution in [0.4, 0.5) is 4.39 Å². The quantitative estimate of drug-likeness (QED) is 0.719. The molecule has 0 bridgehead atoms. The van der Waals surface area contributed by atoms with Crippen molar-refractivity contribution in [3.05, 3.63) is 52.0 Å². The molecule has 0 aliphatic heterocycles. The van der Waals surface area contributed by atoms with Crippen LogP contribution >= 0.6 is 11.3 Å². The minimum Gasteiger partial charge on any atom is -0.490 e. The van der Waals surface area contributed by atoms with Gasteiger partial charge in [-0.2, -0.15) is 0 Å². The summed E-state index contributed by atoms with van der Waals surface area (Å²) in [5.74, 6) is -0.746. The van der Waals surface area contributed by atoms with Crippen LogP contribution in [-0.2, 0) is 4.79 Å². The summed E-state index contributed by atoms with van der Waals surface area (Å²) in [6.07, 6.45) is 0.540. The van der Waals surface area contributed by atoms with Crippen LogP contribution in [0.5, 0.6) is 5.75 Å². The number of aryl methyl sites for hydroxylation is 1. The summed E-state index contributed by atoms with van der Waals surface area (Å²) in [4.78, 5) is 25.1. The lowest BCUT2D eigenvalue weighted by atomic mass is 10.3. The molecular weight excluding hydrogens is 331 g/mol. The van der Waals surface area contributed by atoms with Gasteiger partial charge in [0.1, 0.15) is 0 Å². The molecule has 5 nitrogen and oxygen atoms in total. The Morgan fingerprint density at radius 2 is 1.96 bits per heavy atom. The Bertz CT molecular complexity index is 703. The molecule has 0 unspecified atom stereocenters. The average molecular weight is 350 g/mol. The summed E-state index contributed by atoms with van der Waals surface area (Å²) in [7, 11) is 0. The van der Waals surface area contributed by atoms with Crippen LogP contribution in [0.2, 0.25) is 0 Å². The van der Waals surface area contributed by atoms with Crippen LogP contribution < -0.4 is 15.4 Å². The fraction of sp³-hybridized carbons (Fsp3) is 0.294. The van der Waals surface area contributed by atoms with Crippen LogP contribution in [-0.4, -0.2) is 31.5 Å². The first kappa shape index (κ1) is 17.9. The highest BCUT2D eigenvalue weighted by Gasteiger charge is 2.09. The molecule has 0 atom stereocenters. The van der Waals surface area contributed by atoms with Gasteiger partial charge in [-0.1, -0.05) is 12.1 Å². The van der Waals surface area contributed by atoms with Gasteiger partial charge >= 0.3 is 0 Å². The molecule has 1 aromatic carbocycles. The lowest BCUT2D eigenvalue weighted by Crippen LogP contribution is -2.37. The number of hydrogen-bond donors (Lipinski definition) is 2. The number of ether oxygens (including phenoxy) is 1. The van der Waals surface area contributed by atoms with E-state index in [0.29, 0.717) is 24.4 Å². The topological polar surface area (TPSA) is 67.4 Å². The summed E-state index contributed by atoms with van der Waals surface area (Å²) in [6.45, 7) is 2.52. The van der Waals surface area contributed by atoms with Crippen molar-refractivity contribution in [2.24, 2.45) is 0 Å². The van der Waals surface area contributed by atoms with Crippen molar-refractivity contribution in [1.82, 2.24) is 10.6 Å². The molecular formula is C17H19FN2O3S. The minimum absolute atomic E-state index is 0.0794. The van der Waals surface area contributed by atoms with E-state index >= 15 is 0 Å². The Balaban J connectivity index is 1.58. The Kier molecular flexibility index (Phi) is 6.74. The van der Waals surface area contributed by atoms with Gasteiger partial charge in [0.25, 0.3) is 5.91 Å². The van der Waals surface area contributed by atoms with Gasteiger partial charge in [-0.15, -0.1) is 11.3 Å². The Labute approximate surface area is 143 Å². The number of halogens is 1. The average Bonchev–Trinajstić information content (AvgIpc) is 3.00. The molecule has 24 heavy (non-hydrogen) atoms. The number of carbonyl (C=O) groups excluding carboxylic acids is 2. The zero-order chi connectivity index (χ0) is 17.4. The predicted octanol–water partition coefficient (Wildman–Crippen LogP) is 2.51. The third kappa shape index (κ3) is 5.66. The molecule has 0 aliphatic carbocycles. The van der Waals surface area contributed by atoms with E-state index in [1.807, 2.05) is 13.0 Å². The van der Waals surface area contributed by atoms with Gasteiger partial charge in [0.05, 0.1) is 18.0 Å². The second kappa shape index (κ2) is 9.02. The maximum atomic E-state index is 13.3. The van der Waals surface area contributed by atoms with Crippen LogP contribution in [0.3, 0.4) is 0 Å². The van der Waals surface area contributed by atoms with E-state index in [4.69, 9.17) is 4.74 Å². The summed E-state index contributed by atoms with van der Waals surface area (Å²) < 4.78 is 18.6. The molecule has 2 N–H and O–H groups in total. The van der Waals surface area contributed by atoms with E-state index < -0.39 is 5.82 Å². The van der Waals surface area contributed by atoms with E-state index in [9.17, 15) is 14.0 Å². The molecule has 2 aromatic rings. The molecule has 0 saturated heterocycles. The molecule has 1 aromatic heterocycles. The zero-order valence-electron chi connectivity index (χ0n) is 13.3. The smallest absolute Gasteiger partial charge is 0.261 e. The normalized spacial score (nSPS) is 10.2. The number of rotatable bonds is 8. The van der Waals surface area contributed by atoms with Crippen molar-refractivity contribution in [3.63, 3.8) is 0 Å². The number of benzene rings is 1. The maximum absolute atomic E-state index is 13.3. The minimum atomic E-state index is -0.409. The molecule has 0 aliphatic rings. The monoisotopic (exact) mass is 350 g/mol. The highest BCUT2D eigenvalue weighted by atomic mass is 32.1. The molecule has 2 amide bonds. The lowest BCUT2D eigenvalue weighted by Gasteiger charge is -2.08. The van der Waals surface area contributed by atoms with Crippen LogP contribution in [0.15, 0.2) is 36.4 Å². The summed E-state index contributed by atoms with van der Waals surface area (Å²) in [5, 5.41) is 5.24. The van der Waals surface area contributed by atoms with Gasteiger partial charge in [-0.05, 0) is 37.6 Å². The van der Waals surface area contributed by atoms with Gasteiger partial charge in [0, 0.05) is 11.4 Å². The predicted molar refractivity (Wildman–Crippen MR) is 90.9 cm³/mol. The van der Waals surface area contributed by atoms with Crippen LogP contribution in [0.1, 0.15) is 21.0 Å². The molecule has 0 spiro atoms. The van der Waals surface area contributed by atoms with Crippen molar-refractivity contribution in [2.75, 3.05) is 19.7 Å². The van der Waals surface area contributed by atoms with Crippen molar-refractivity contribution < 1.29 is 18.7 Å². The Morgan fingerprint density at radius 3 is 2.67 bits per heavy atom. The summed E-state index contributed by atoms with van der Waals surface area (Å²) in [5.41, 5.74) is 0. The van der Waals surface area contributed by atoms with Crippen molar-refractivity contribution >= 4 is 23.2 Å². The van der Waals surface area contributed by atoms with E-state index in [-0.39, 0.29) is 24.1 Å². The largest absolute Gasteiger partial charge is 0.490 e. The number of hydrogen-bond acceptors (Lipinski definition) is 4. The third-order valence-electron chi connectivity index (χ3n) is 3.11. The maximum Gasteiger partial charge on any atom is 0.261 e. The molecule has 0 radical (unpaired) electrons. The van der Waals surface area contributed by atoms with E-state index in [0.717, 1.165) is 4.88 Å². The number of amides is 2. The van der Waals surface area contributed by atoms with Crippen molar-refractivity contribution in [3.8, 4) is 5.75 Å². The fourth-order valence-corrected chi connectivity index (χ4v) is 2.69. The first-order valence-electron chi connectivity index (χ1n) is 7.55. The highest BCUT2D eigenvalue weighted by Crippen LogP contribution is 2.15. The lowest BCUT2D eigenvalue weighted by molar-refractivity contribution is -0.120. The highest BCUT2D eigenvalue weighted by molar-refractivity contribution is 7.13. The second-order valence-electron chi connectivity index (χ2n) is 5.08. The number of nitrogens with one attached hydrogen (secondary N) is 2. The van der Waals surface area contributed by atoms with E-state index in [1.165, 1.54) is 17.4 Å². The van der Waals surface area contributed by atoms with Crippen LogP contribution in [0.25, 0.3) is 0 Å². The summed E-state index contributed by atoms with van der Waals surface area (Å²) in [6, 6.07) is 9.75. The zero-order valence-corrected chi connectivity index (χ0v) is 14.1. The second-order valence-corrected chi connectivity index (χ2v) is 6.36. The number of thiophene rings is 1. The molecule has 1 heterocycles. The van der Waals surface area contributed by atoms with Gasteiger partial charge in [-0.25, -0.2) is 4.39 Å². The Hall–Kier alpha value is -2.41.